The van der Waals surface area contributed by atoms with Gasteiger partial charge in [-0.1, -0.05) is 37.4 Å². The van der Waals surface area contributed by atoms with E-state index in [1.165, 1.54) is 0 Å². The van der Waals surface area contributed by atoms with Crippen molar-refractivity contribution >= 4 is 8.24 Å². The Hall–Kier alpha value is -0.383. The van der Waals surface area contributed by atoms with Gasteiger partial charge in [0.25, 0.3) is 0 Å². The summed E-state index contributed by atoms with van der Waals surface area (Å²) in [5.74, 6) is 0. The number of likely N-dealkylation sites (N-methyl/N-ethyl adjacent to an activating group) is 1. The molecule has 14 heavy (non-hydrogen) atoms. The van der Waals surface area contributed by atoms with Crippen LogP contribution in [-0.2, 0) is 0 Å². The molecular weight excluding hydrogens is 188 g/mol. The number of hydrogen-bond acceptors (Lipinski definition) is 2. The Morgan fingerprint density at radius 1 is 1.21 bits per heavy atom. The van der Waals surface area contributed by atoms with Crippen LogP contribution in [0.25, 0.3) is 0 Å². The second-order valence-electron chi connectivity index (χ2n) is 4.75. The Labute approximate surface area is 88.8 Å². The standard InChI is InChI=1S/C11H22N2Si/c1-13(2)10-9-12-14(3,4)11-7-5-6-8-11/h5-8,11-12H,9-10H2,1-4H3. The van der Waals surface area contributed by atoms with Gasteiger partial charge in [-0.3, -0.25) is 0 Å². The van der Waals surface area contributed by atoms with E-state index < -0.39 is 8.24 Å². The Kier molecular flexibility index (Phi) is 4.10. The molecule has 0 amide bonds. The summed E-state index contributed by atoms with van der Waals surface area (Å²) in [6, 6.07) is 0. The van der Waals surface area contributed by atoms with Gasteiger partial charge in [0.1, 0.15) is 8.24 Å². The van der Waals surface area contributed by atoms with E-state index in [2.05, 4.69) is 61.4 Å². The SMILES string of the molecule is CN(C)CCN[Si](C)(C)C1C=CC=C1. The highest BCUT2D eigenvalue weighted by Gasteiger charge is 2.28. The van der Waals surface area contributed by atoms with Gasteiger partial charge in [0.05, 0.1) is 0 Å². The molecule has 0 aromatic heterocycles. The molecular formula is C11H22N2Si. The van der Waals surface area contributed by atoms with E-state index in [0.29, 0.717) is 5.54 Å². The second-order valence-corrected chi connectivity index (χ2v) is 9.21. The summed E-state index contributed by atoms with van der Waals surface area (Å²) in [4.78, 5) is 5.95. The minimum atomic E-state index is -1.29. The molecule has 0 unspecified atom stereocenters. The Morgan fingerprint density at radius 3 is 2.29 bits per heavy atom. The van der Waals surface area contributed by atoms with Crippen molar-refractivity contribution in [1.29, 1.82) is 0 Å². The number of allylic oxidation sites excluding steroid dienone is 4. The van der Waals surface area contributed by atoms with Crippen molar-refractivity contribution in [2.45, 2.75) is 18.6 Å². The van der Waals surface area contributed by atoms with Gasteiger partial charge in [-0.15, -0.1) is 0 Å². The van der Waals surface area contributed by atoms with Crippen LogP contribution in [0.1, 0.15) is 0 Å². The predicted molar refractivity (Wildman–Crippen MR) is 66.1 cm³/mol. The fraction of sp³-hybridized carbons (Fsp3) is 0.636. The molecule has 0 saturated heterocycles. The van der Waals surface area contributed by atoms with Crippen molar-refractivity contribution in [3.8, 4) is 0 Å². The van der Waals surface area contributed by atoms with Crippen LogP contribution in [0.3, 0.4) is 0 Å². The molecule has 1 aliphatic rings. The molecule has 0 bridgehead atoms. The van der Waals surface area contributed by atoms with Crippen LogP contribution in [0.5, 0.6) is 0 Å². The zero-order chi connectivity index (χ0) is 10.6. The molecule has 0 radical (unpaired) electrons. The van der Waals surface area contributed by atoms with E-state index in [-0.39, 0.29) is 0 Å². The topological polar surface area (TPSA) is 15.3 Å². The first kappa shape index (κ1) is 11.7. The lowest BCUT2D eigenvalue weighted by Gasteiger charge is -2.29. The largest absolute Gasteiger partial charge is 0.336 e. The fourth-order valence-corrected chi connectivity index (χ4v) is 3.81. The number of nitrogens with zero attached hydrogens (tertiary/aromatic N) is 1. The van der Waals surface area contributed by atoms with E-state index in [1.807, 2.05) is 0 Å². The van der Waals surface area contributed by atoms with Gasteiger partial charge in [0.2, 0.25) is 0 Å². The lowest BCUT2D eigenvalue weighted by molar-refractivity contribution is 0.412. The van der Waals surface area contributed by atoms with E-state index in [1.54, 1.807) is 0 Å². The number of hydrogen-bond donors (Lipinski definition) is 1. The van der Waals surface area contributed by atoms with Gasteiger partial charge in [0.15, 0.2) is 0 Å². The summed E-state index contributed by atoms with van der Waals surface area (Å²) in [5.41, 5.74) is 0.671. The van der Waals surface area contributed by atoms with E-state index >= 15 is 0 Å². The maximum absolute atomic E-state index is 3.73. The molecule has 0 aliphatic heterocycles. The first-order chi connectivity index (χ1) is 6.52. The molecule has 3 heteroatoms. The average Bonchev–Trinajstić information content (AvgIpc) is 2.54. The van der Waals surface area contributed by atoms with Crippen molar-refractivity contribution in [1.82, 2.24) is 9.88 Å². The number of nitrogens with one attached hydrogen (secondary N) is 1. The Bertz CT molecular complexity index is 219. The number of rotatable bonds is 5. The van der Waals surface area contributed by atoms with Gasteiger partial charge in [-0.25, -0.2) is 0 Å². The third-order valence-corrected chi connectivity index (χ3v) is 5.93. The summed E-state index contributed by atoms with van der Waals surface area (Å²) in [7, 11) is 2.95. The second kappa shape index (κ2) is 4.91. The highest BCUT2D eigenvalue weighted by molar-refractivity contribution is 6.77. The van der Waals surface area contributed by atoms with Crippen LogP contribution in [0.4, 0.5) is 0 Å². The Morgan fingerprint density at radius 2 is 1.79 bits per heavy atom. The molecule has 2 nitrogen and oxygen atoms in total. The lowest BCUT2D eigenvalue weighted by atomic mass is 10.5. The summed E-state index contributed by atoms with van der Waals surface area (Å²) in [6.07, 6.45) is 8.95. The quantitative estimate of drug-likeness (QED) is 0.697. The van der Waals surface area contributed by atoms with Crippen molar-refractivity contribution in [3.05, 3.63) is 24.3 Å². The van der Waals surface area contributed by atoms with E-state index in [9.17, 15) is 0 Å². The first-order valence-corrected chi connectivity index (χ1v) is 8.35. The van der Waals surface area contributed by atoms with Crippen LogP contribution in [-0.4, -0.2) is 40.3 Å². The average molecular weight is 210 g/mol. The van der Waals surface area contributed by atoms with Crippen LogP contribution in [0.15, 0.2) is 24.3 Å². The third kappa shape index (κ3) is 3.40. The third-order valence-electron chi connectivity index (χ3n) is 2.72. The zero-order valence-corrected chi connectivity index (χ0v) is 10.7. The monoisotopic (exact) mass is 210 g/mol. The summed E-state index contributed by atoms with van der Waals surface area (Å²) < 4.78 is 0. The maximum Gasteiger partial charge on any atom is 0.130 e. The van der Waals surface area contributed by atoms with Gasteiger partial charge < -0.3 is 9.88 Å². The van der Waals surface area contributed by atoms with Crippen molar-refractivity contribution < 1.29 is 0 Å². The molecule has 0 atom stereocenters. The maximum atomic E-state index is 3.73. The van der Waals surface area contributed by atoms with Crippen LogP contribution in [0, 0.1) is 0 Å². The van der Waals surface area contributed by atoms with E-state index in [0.717, 1.165) is 13.1 Å². The highest BCUT2D eigenvalue weighted by atomic mass is 28.3. The fourth-order valence-electron chi connectivity index (χ4n) is 1.63. The molecule has 1 N–H and O–H groups in total. The minimum absolute atomic E-state index is 0.671. The predicted octanol–water partition coefficient (Wildman–Crippen LogP) is 1.84. The zero-order valence-electron chi connectivity index (χ0n) is 9.75. The smallest absolute Gasteiger partial charge is 0.130 e. The normalized spacial score (nSPS) is 17.2. The highest BCUT2D eigenvalue weighted by Crippen LogP contribution is 2.25. The van der Waals surface area contributed by atoms with Gasteiger partial charge >= 0.3 is 0 Å². The minimum Gasteiger partial charge on any atom is -0.336 e. The molecule has 1 rings (SSSR count). The van der Waals surface area contributed by atoms with Gasteiger partial charge in [-0.2, -0.15) is 0 Å². The van der Waals surface area contributed by atoms with Crippen molar-refractivity contribution in [3.63, 3.8) is 0 Å². The molecule has 0 spiro atoms. The molecule has 0 aromatic rings. The van der Waals surface area contributed by atoms with Gasteiger partial charge in [0, 0.05) is 18.6 Å². The molecule has 0 fully saturated rings. The summed E-state index contributed by atoms with van der Waals surface area (Å²) >= 11 is 0. The first-order valence-electron chi connectivity index (χ1n) is 5.27. The van der Waals surface area contributed by atoms with Gasteiger partial charge in [-0.05, 0) is 14.1 Å². The Balaban J connectivity index is 2.34. The van der Waals surface area contributed by atoms with Crippen molar-refractivity contribution in [2.24, 2.45) is 0 Å². The van der Waals surface area contributed by atoms with E-state index in [4.69, 9.17) is 0 Å². The molecule has 0 saturated carbocycles. The lowest BCUT2D eigenvalue weighted by Crippen LogP contribution is -2.49. The molecule has 0 heterocycles. The molecule has 0 aromatic carbocycles. The molecule has 80 valence electrons. The summed E-state index contributed by atoms with van der Waals surface area (Å²) in [5, 5.41) is 0. The molecule has 1 aliphatic carbocycles. The van der Waals surface area contributed by atoms with Crippen LogP contribution < -0.4 is 4.98 Å². The summed E-state index contributed by atoms with van der Waals surface area (Å²) in [6.45, 7) is 7.02. The van der Waals surface area contributed by atoms with Crippen LogP contribution in [0.2, 0.25) is 18.6 Å². The van der Waals surface area contributed by atoms with Crippen LogP contribution >= 0.6 is 0 Å². The van der Waals surface area contributed by atoms with Crippen molar-refractivity contribution in [2.75, 3.05) is 27.2 Å².